The van der Waals surface area contributed by atoms with Crippen LogP contribution in [0.25, 0.3) is 10.8 Å². The van der Waals surface area contributed by atoms with E-state index in [1.54, 1.807) is 6.21 Å². The third-order valence-electron chi connectivity index (χ3n) is 3.98. The Balaban J connectivity index is 1.56. The minimum atomic E-state index is -2.94. The lowest BCUT2D eigenvalue weighted by molar-refractivity contribution is -0.121. The highest BCUT2D eigenvalue weighted by molar-refractivity contribution is 7.91. The summed E-state index contributed by atoms with van der Waals surface area (Å²) in [6, 6.07) is 13.9. The zero-order valence-electron chi connectivity index (χ0n) is 12.6. The molecular weight excluding hydrogens is 312 g/mol. The molecule has 0 spiro atoms. The van der Waals surface area contributed by atoms with E-state index in [4.69, 9.17) is 0 Å². The minimum Gasteiger partial charge on any atom is -0.273 e. The first kappa shape index (κ1) is 15.7. The maximum absolute atomic E-state index is 11.8. The Labute approximate surface area is 135 Å². The van der Waals surface area contributed by atoms with Crippen LogP contribution in [-0.4, -0.2) is 32.0 Å². The highest BCUT2D eigenvalue weighted by Crippen LogP contribution is 2.21. The zero-order valence-corrected chi connectivity index (χ0v) is 13.4. The number of amides is 1. The molecule has 1 amide bonds. The van der Waals surface area contributed by atoms with E-state index < -0.39 is 9.84 Å². The molecule has 0 aromatic heterocycles. The molecular formula is C17H18N2O3S. The number of rotatable bonds is 4. The molecule has 2 aromatic rings. The van der Waals surface area contributed by atoms with Crippen LogP contribution >= 0.6 is 0 Å². The summed E-state index contributed by atoms with van der Waals surface area (Å²) >= 11 is 0. The second-order valence-corrected chi connectivity index (χ2v) is 8.10. The Morgan fingerprint density at radius 3 is 2.74 bits per heavy atom. The van der Waals surface area contributed by atoms with Gasteiger partial charge >= 0.3 is 0 Å². The molecule has 1 aliphatic heterocycles. The highest BCUT2D eigenvalue weighted by Gasteiger charge is 2.29. The second kappa shape index (κ2) is 6.50. The van der Waals surface area contributed by atoms with Gasteiger partial charge in [0, 0.05) is 6.42 Å². The molecule has 2 aromatic carbocycles. The molecule has 6 heteroatoms. The van der Waals surface area contributed by atoms with Gasteiger partial charge in [-0.1, -0.05) is 36.4 Å². The molecule has 0 unspecified atom stereocenters. The quantitative estimate of drug-likeness (QED) is 0.689. The van der Waals surface area contributed by atoms with Crippen molar-refractivity contribution in [2.24, 2.45) is 11.0 Å². The van der Waals surface area contributed by atoms with Crippen molar-refractivity contribution in [1.29, 1.82) is 0 Å². The summed E-state index contributed by atoms with van der Waals surface area (Å²) < 4.78 is 22.7. The number of nitrogens with one attached hydrogen (secondary N) is 1. The van der Waals surface area contributed by atoms with Crippen molar-refractivity contribution < 1.29 is 13.2 Å². The van der Waals surface area contributed by atoms with E-state index in [1.165, 1.54) is 0 Å². The summed E-state index contributed by atoms with van der Waals surface area (Å²) in [5.74, 6) is -0.0415. The van der Waals surface area contributed by atoms with Crippen LogP contribution in [0.3, 0.4) is 0 Å². The molecule has 1 saturated heterocycles. The third kappa shape index (κ3) is 4.16. The summed E-state index contributed by atoms with van der Waals surface area (Å²) in [4.78, 5) is 11.8. The van der Waals surface area contributed by atoms with Gasteiger partial charge in [-0.05, 0) is 34.7 Å². The predicted molar refractivity (Wildman–Crippen MR) is 91.1 cm³/mol. The first-order valence-corrected chi connectivity index (χ1v) is 9.35. The van der Waals surface area contributed by atoms with Gasteiger partial charge in [-0.2, -0.15) is 5.10 Å². The first-order valence-electron chi connectivity index (χ1n) is 7.53. The van der Waals surface area contributed by atoms with Crippen molar-refractivity contribution in [3.63, 3.8) is 0 Å². The van der Waals surface area contributed by atoms with Gasteiger partial charge in [0.1, 0.15) is 0 Å². The van der Waals surface area contributed by atoms with Crippen LogP contribution in [0.4, 0.5) is 0 Å². The topological polar surface area (TPSA) is 75.6 Å². The summed E-state index contributed by atoms with van der Waals surface area (Å²) in [7, 11) is -2.94. The SMILES string of the molecule is O=C(C[C@@H]1CCS(=O)(=O)C1)N/N=C\c1ccc2ccccc2c1. The van der Waals surface area contributed by atoms with Crippen LogP contribution in [0.15, 0.2) is 47.6 Å². The fraction of sp³-hybridized carbons (Fsp3) is 0.294. The van der Waals surface area contributed by atoms with Crippen molar-refractivity contribution in [3.8, 4) is 0 Å². The minimum absolute atomic E-state index is 0.0872. The molecule has 0 aliphatic carbocycles. The molecule has 0 radical (unpaired) electrons. The number of hydrogen-bond acceptors (Lipinski definition) is 4. The molecule has 0 saturated carbocycles. The van der Waals surface area contributed by atoms with Crippen molar-refractivity contribution in [1.82, 2.24) is 5.43 Å². The highest BCUT2D eigenvalue weighted by atomic mass is 32.2. The molecule has 1 heterocycles. The number of hydrogen-bond donors (Lipinski definition) is 1. The van der Waals surface area contributed by atoms with Crippen LogP contribution in [-0.2, 0) is 14.6 Å². The van der Waals surface area contributed by atoms with Crippen LogP contribution < -0.4 is 5.43 Å². The van der Waals surface area contributed by atoms with Gasteiger partial charge < -0.3 is 0 Å². The van der Waals surface area contributed by atoms with Gasteiger partial charge in [-0.3, -0.25) is 4.79 Å². The van der Waals surface area contributed by atoms with E-state index >= 15 is 0 Å². The summed E-state index contributed by atoms with van der Waals surface area (Å²) in [6.45, 7) is 0. The summed E-state index contributed by atoms with van der Waals surface area (Å²) in [5.41, 5.74) is 3.36. The Hall–Kier alpha value is -2.21. The Morgan fingerprint density at radius 2 is 2.00 bits per heavy atom. The number of carbonyl (C=O) groups is 1. The van der Waals surface area contributed by atoms with Gasteiger partial charge in [0.2, 0.25) is 5.91 Å². The van der Waals surface area contributed by atoms with E-state index in [1.807, 2.05) is 42.5 Å². The first-order chi connectivity index (χ1) is 11.0. The monoisotopic (exact) mass is 330 g/mol. The predicted octanol–water partition coefficient (Wildman–Crippen LogP) is 2.11. The molecule has 120 valence electrons. The van der Waals surface area contributed by atoms with E-state index in [0.717, 1.165) is 16.3 Å². The smallest absolute Gasteiger partial charge is 0.240 e. The summed E-state index contributed by atoms with van der Waals surface area (Å²) in [5, 5.41) is 6.21. The average molecular weight is 330 g/mol. The van der Waals surface area contributed by atoms with Crippen LogP contribution in [0.2, 0.25) is 0 Å². The number of sulfone groups is 1. The largest absolute Gasteiger partial charge is 0.273 e. The van der Waals surface area contributed by atoms with E-state index in [9.17, 15) is 13.2 Å². The van der Waals surface area contributed by atoms with Crippen LogP contribution in [0.1, 0.15) is 18.4 Å². The maximum atomic E-state index is 11.8. The van der Waals surface area contributed by atoms with Gasteiger partial charge in [0.15, 0.2) is 9.84 Å². The molecule has 1 fully saturated rings. The van der Waals surface area contributed by atoms with Crippen molar-refractivity contribution in [3.05, 3.63) is 48.0 Å². The van der Waals surface area contributed by atoms with Gasteiger partial charge in [0.25, 0.3) is 0 Å². The van der Waals surface area contributed by atoms with Gasteiger partial charge in [0.05, 0.1) is 17.7 Å². The number of nitrogens with zero attached hydrogens (tertiary/aromatic N) is 1. The average Bonchev–Trinajstić information content (AvgIpc) is 2.86. The lowest BCUT2D eigenvalue weighted by Gasteiger charge is -2.05. The van der Waals surface area contributed by atoms with Crippen LogP contribution in [0, 0.1) is 5.92 Å². The van der Waals surface area contributed by atoms with E-state index in [-0.39, 0.29) is 29.8 Å². The zero-order chi connectivity index (χ0) is 16.3. The lowest BCUT2D eigenvalue weighted by Crippen LogP contribution is -2.21. The van der Waals surface area contributed by atoms with Crippen LogP contribution in [0.5, 0.6) is 0 Å². The molecule has 23 heavy (non-hydrogen) atoms. The van der Waals surface area contributed by atoms with Crippen molar-refractivity contribution >= 4 is 32.7 Å². The lowest BCUT2D eigenvalue weighted by atomic mass is 10.1. The van der Waals surface area contributed by atoms with Crippen molar-refractivity contribution in [2.75, 3.05) is 11.5 Å². The fourth-order valence-corrected chi connectivity index (χ4v) is 4.67. The molecule has 0 bridgehead atoms. The number of hydrazone groups is 1. The third-order valence-corrected chi connectivity index (χ3v) is 5.81. The fourth-order valence-electron chi connectivity index (χ4n) is 2.81. The molecule has 1 N–H and O–H groups in total. The normalized spacial score (nSPS) is 20.1. The molecule has 5 nitrogen and oxygen atoms in total. The Bertz CT molecular complexity index is 859. The Kier molecular flexibility index (Phi) is 4.43. The van der Waals surface area contributed by atoms with Gasteiger partial charge in [-0.25, -0.2) is 13.8 Å². The standard InChI is InChI=1S/C17H18N2O3S/c20-17(10-14-7-8-23(21,22)12-14)19-18-11-13-5-6-15-3-1-2-4-16(15)9-13/h1-6,9,11,14H,7-8,10,12H2,(H,19,20)/b18-11-/t14-/m0/s1. The molecule has 1 aliphatic rings. The summed E-state index contributed by atoms with van der Waals surface area (Å²) in [6.07, 6.45) is 2.36. The number of carbonyl (C=O) groups excluding carboxylic acids is 1. The maximum Gasteiger partial charge on any atom is 0.240 e. The molecule has 1 atom stereocenters. The van der Waals surface area contributed by atoms with Crippen molar-refractivity contribution in [2.45, 2.75) is 12.8 Å². The Morgan fingerprint density at radius 1 is 1.22 bits per heavy atom. The van der Waals surface area contributed by atoms with Gasteiger partial charge in [-0.15, -0.1) is 0 Å². The number of benzene rings is 2. The van der Waals surface area contributed by atoms with E-state index in [2.05, 4.69) is 10.5 Å². The molecule has 3 rings (SSSR count). The van der Waals surface area contributed by atoms with E-state index in [0.29, 0.717) is 6.42 Å². The number of fused-ring (bicyclic) bond motifs is 1. The second-order valence-electron chi connectivity index (χ2n) is 5.87.